The molecule has 1 aliphatic rings. The van der Waals surface area contributed by atoms with Crippen LogP contribution in [-0.2, 0) is 4.74 Å². The van der Waals surface area contributed by atoms with Crippen molar-refractivity contribution >= 4 is 5.69 Å². The lowest BCUT2D eigenvalue weighted by Gasteiger charge is -2.19. The zero-order valence-corrected chi connectivity index (χ0v) is 11.8. The number of aryl methyl sites for hydroxylation is 1. The Morgan fingerprint density at radius 3 is 2.95 bits per heavy atom. The van der Waals surface area contributed by atoms with Crippen LogP contribution in [0.25, 0.3) is 11.4 Å². The first kappa shape index (κ1) is 13.1. The summed E-state index contributed by atoms with van der Waals surface area (Å²) in [4.78, 5) is 0. The van der Waals surface area contributed by atoms with Gasteiger partial charge in [-0.3, -0.25) is 0 Å². The van der Waals surface area contributed by atoms with Crippen LogP contribution in [0, 0.1) is 6.92 Å². The van der Waals surface area contributed by atoms with Crippen LogP contribution in [0.1, 0.15) is 30.9 Å². The molecule has 0 aliphatic heterocycles. The Morgan fingerprint density at radius 1 is 1.35 bits per heavy atom. The predicted octanol–water partition coefficient (Wildman–Crippen LogP) is 1.97. The summed E-state index contributed by atoms with van der Waals surface area (Å²) in [5.74, 6) is 0.755. The van der Waals surface area contributed by atoms with Crippen molar-refractivity contribution in [1.29, 1.82) is 0 Å². The van der Waals surface area contributed by atoms with Gasteiger partial charge in [-0.25, -0.2) is 4.68 Å². The van der Waals surface area contributed by atoms with Gasteiger partial charge in [0, 0.05) is 18.4 Å². The van der Waals surface area contributed by atoms with E-state index in [2.05, 4.69) is 15.5 Å². The van der Waals surface area contributed by atoms with Gasteiger partial charge in [0.1, 0.15) is 0 Å². The van der Waals surface area contributed by atoms with Gasteiger partial charge in [0.2, 0.25) is 0 Å². The second kappa shape index (κ2) is 5.20. The number of nitrogens with two attached hydrogens (primary N) is 1. The highest BCUT2D eigenvalue weighted by Crippen LogP contribution is 2.34. The lowest BCUT2D eigenvalue weighted by Crippen LogP contribution is -2.22. The SMILES string of the molecule is COC1CCCC1n1nnnc1-c1ccc(C)c(N)c1. The molecular formula is C14H19N5O. The number of nitrogen functional groups attached to an aromatic ring is 1. The highest BCUT2D eigenvalue weighted by molar-refractivity contribution is 5.63. The van der Waals surface area contributed by atoms with Crippen molar-refractivity contribution in [3.8, 4) is 11.4 Å². The zero-order chi connectivity index (χ0) is 14.1. The average Bonchev–Trinajstić information content (AvgIpc) is 3.08. The Hall–Kier alpha value is -1.95. The van der Waals surface area contributed by atoms with Crippen LogP contribution in [0.4, 0.5) is 5.69 Å². The third-order valence-electron chi connectivity index (χ3n) is 4.06. The third-order valence-corrected chi connectivity index (χ3v) is 4.06. The number of methoxy groups -OCH3 is 1. The van der Waals surface area contributed by atoms with Crippen LogP contribution in [-0.4, -0.2) is 33.4 Å². The van der Waals surface area contributed by atoms with Crippen molar-refractivity contribution in [2.24, 2.45) is 0 Å². The number of aromatic nitrogens is 4. The molecule has 1 saturated carbocycles. The molecule has 0 spiro atoms. The van der Waals surface area contributed by atoms with E-state index in [-0.39, 0.29) is 12.1 Å². The molecular weight excluding hydrogens is 254 g/mol. The van der Waals surface area contributed by atoms with E-state index in [1.807, 2.05) is 29.8 Å². The quantitative estimate of drug-likeness (QED) is 0.865. The second-order valence-electron chi connectivity index (χ2n) is 5.29. The van der Waals surface area contributed by atoms with Gasteiger partial charge in [0.25, 0.3) is 0 Å². The van der Waals surface area contributed by atoms with Crippen molar-refractivity contribution in [1.82, 2.24) is 20.2 Å². The molecule has 6 nitrogen and oxygen atoms in total. The van der Waals surface area contributed by atoms with Crippen LogP contribution < -0.4 is 5.73 Å². The average molecular weight is 273 g/mol. The molecule has 2 N–H and O–H groups in total. The van der Waals surface area contributed by atoms with Crippen molar-refractivity contribution in [3.63, 3.8) is 0 Å². The van der Waals surface area contributed by atoms with E-state index in [0.29, 0.717) is 0 Å². The molecule has 2 aromatic rings. The summed E-state index contributed by atoms with van der Waals surface area (Å²) in [6.45, 7) is 1.99. The van der Waals surface area contributed by atoms with Gasteiger partial charge in [-0.1, -0.05) is 12.1 Å². The standard InChI is InChI=1S/C14H19N5O/c1-9-6-7-10(8-11(9)15)14-16-17-18-19(14)12-4-3-5-13(12)20-2/h6-8,12-13H,3-5,15H2,1-2H3. The van der Waals surface area contributed by atoms with Crippen LogP contribution in [0.2, 0.25) is 0 Å². The van der Waals surface area contributed by atoms with Crippen molar-refractivity contribution < 1.29 is 4.74 Å². The molecule has 1 aromatic heterocycles. The van der Waals surface area contributed by atoms with E-state index in [9.17, 15) is 0 Å². The summed E-state index contributed by atoms with van der Waals surface area (Å²) in [6.07, 6.45) is 3.41. The lowest BCUT2D eigenvalue weighted by molar-refractivity contribution is 0.0708. The monoisotopic (exact) mass is 273 g/mol. The van der Waals surface area contributed by atoms with Crippen LogP contribution in [0.15, 0.2) is 18.2 Å². The molecule has 20 heavy (non-hydrogen) atoms. The van der Waals surface area contributed by atoms with E-state index < -0.39 is 0 Å². The fourth-order valence-electron chi connectivity index (χ4n) is 2.85. The van der Waals surface area contributed by atoms with Crippen LogP contribution >= 0.6 is 0 Å². The van der Waals surface area contributed by atoms with E-state index in [1.54, 1.807) is 7.11 Å². The molecule has 3 rings (SSSR count). The van der Waals surface area contributed by atoms with Gasteiger partial charge >= 0.3 is 0 Å². The molecule has 2 unspecified atom stereocenters. The van der Waals surface area contributed by atoms with Gasteiger partial charge < -0.3 is 10.5 Å². The molecule has 1 aliphatic carbocycles. The summed E-state index contributed by atoms with van der Waals surface area (Å²) < 4.78 is 7.42. The fourth-order valence-corrected chi connectivity index (χ4v) is 2.85. The largest absolute Gasteiger partial charge is 0.398 e. The zero-order valence-electron chi connectivity index (χ0n) is 11.8. The third kappa shape index (κ3) is 2.16. The minimum absolute atomic E-state index is 0.181. The topological polar surface area (TPSA) is 78.8 Å². The predicted molar refractivity (Wildman–Crippen MR) is 76.1 cm³/mol. The first-order chi connectivity index (χ1) is 9.70. The summed E-state index contributed by atoms with van der Waals surface area (Å²) in [6, 6.07) is 6.12. The number of tetrazole rings is 1. The van der Waals surface area contributed by atoms with Gasteiger partial charge in [0.05, 0.1) is 12.1 Å². The van der Waals surface area contributed by atoms with Gasteiger partial charge in [-0.05, 0) is 48.2 Å². The van der Waals surface area contributed by atoms with Crippen molar-refractivity contribution in [2.75, 3.05) is 12.8 Å². The van der Waals surface area contributed by atoms with Gasteiger partial charge in [-0.15, -0.1) is 5.10 Å². The molecule has 1 fully saturated rings. The highest BCUT2D eigenvalue weighted by atomic mass is 16.5. The molecule has 6 heteroatoms. The van der Waals surface area contributed by atoms with E-state index in [0.717, 1.165) is 41.9 Å². The molecule has 0 saturated heterocycles. The maximum absolute atomic E-state index is 5.98. The van der Waals surface area contributed by atoms with Crippen LogP contribution in [0.3, 0.4) is 0 Å². The van der Waals surface area contributed by atoms with E-state index in [1.165, 1.54) is 0 Å². The summed E-state index contributed by atoms with van der Waals surface area (Å²) in [7, 11) is 1.75. The summed E-state index contributed by atoms with van der Waals surface area (Å²) >= 11 is 0. The number of rotatable bonds is 3. The number of anilines is 1. The van der Waals surface area contributed by atoms with E-state index in [4.69, 9.17) is 10.5 Å². The van der Waals surface area contributed by atoms with Crippen LogP contribution in [0.5, 0.6) is 0 Å². The fraction of sp³-hybridized carbons (Fsp3) is 0.500. The minimum Gasteiger partial charge on any atom is -0.398 e. The number of nitrogens with zero attached hydrogens (tertiary/aromatic N) is 4. The van der Waals surface area contributed by atoms with Gasteiger partial charge in [0.15, 0.2) is 5.82 Å². The Morgan fingerprint density at radius 2 is 2.20 bits per heavy atom. The number of ether oxygens (including phenoxy) is 1. The Bertz CT molecular complexity index is 609. The van der Waals surface area contributed by atoms with Crippen molar-refractivity contribution in [2.45, 2.75) is 38.3 Å². The Labute approximate surface area is 117 Å². The normalized spacial score (nSPS) is 22.3. The maximum Gasteiger partial charge on any atom is 0.182 e. The first-order valence-corrected chi connectivity index (χ1v) is 6.88. The summed E-state index contributed by atoms with van der Waals surface area (Å²) in [5, 5.41) is 12.2. The smallest absolute Gasteiger partial charge is 0.182 e. The first-order valence-electron chi connectivity index (χ1n) is 6.88. The minimum atomic E-state index is 0.181. The molecule has 106 valence electrons. The lowest BCUT2D eigenvalue weighted by atomic mass is 10.1. The summed E-state index contributed by atoms with van der Waals surface area (Å²) in [5.41, 5.74) is 8.74. The Kier molecular flexibility index (Phi) is 3.40. The molecule has 1 aromatic carbocycles. The molecule has 0 amide bonds. The van der Waals surface area contributed by atoms with Crippen molar-refractivity contribution in [3.05, 3.63) is 23.8 Å². The number of benzene rings is 1. The molecule has 0 radical (unpaired) electrons. The Balaban J connectivity index is 1.99. The molecule has 0 bridgehead atoms. The highest BCUT2D eigenvalue weighted by Gasteiger charge is 2.31. The number of hydrogen-bond acceptors (Lipinski definition) is 5. The molecule has 2 atom stereocenters. The van der Waals surface area contributed by atoms with E-state index >= 15 is 0 Å². The number of hydrogen-bond donors (Lipinski definition) is 1. The van der Waals surface area contributed by atoms with Gasteiger partial charge in [-0.2, -0.15) is 0 Å². The second-order valence-corrected chi connectivity index (χ2v) is 5.29. The molecule has 1 heterocycles. The maximum atomic E-state index is 5.98.